The van der Waals surface area contributed by atoms with Crippen molar-refractivity contribution in [3.63, 3.8) is 0 Å². The number of aryl methyl sites for hydroxylation is 1. The Bertz CT molecular complexity index is 960. The average molecular weight is 380 g/mol. The highest BCUT2D eigenvalue weighted by Gasteiger charge is 2.35. The molecule has 1 atom stereocenters. The molecule has 0 saturated carbocycles. The van der Waals surface area contributed by atoms with Gasteiger partial charge in [-0.3, -0.25) is 10.1 Å². The van der Waals surface area contributed by atoms with Crippen LogP contribution in [0.25, 0.3) is 0 Å². The number of carbonyl (C=O) groups is 2. The van der Waals surface area contributed by atoms with E-state index in [0.717, 1.165) is 0 Å². The van der Waals surface area contributed by atoms with Gasteiger partial charge in [-0.2, -0.15) is 4.98 Å². The Morgan fingerprint density at radius 1 is 1.27 bits per heavy atom. The Balaban J connectivity index is 2.48. The number of carbonyl (C=O) groups excluding carboxylic acids is 1. The van der Waals surface area contributed by atoms with E-state index in [9.17, 15) is 23.1 Å². The van der Waals surface area contributed by atoms with Gasteiger partial charge in [0.1, 0.15) is 0 Å². The summed E-state index contributed by atoms with van der Waals surface area (Å²) in [5.74, 6) is -2.52. The van der Waals surface area contributed by atoms with Crippen molar-refractivity contribution < 1.29 is 27.9 Å². The Labute approximate surface area is 149 Å². The van der Waals surface area contributed by atoms with Gasteiger partial charge in [-0.05, 0) is 18.6 Å². The molecule has 138 valence electrons. The Morgan fingerprint density at radius 3 is 2.50 bits per heavy atom. The van der Waals surface area contributed by atoms with E-state index in [1.807, 2.05) is 0 Å². The van der Waals surface area contributed by atoms with E-state index >= 15 is 0 Å². The number of methoxy groups -OCH3 is 1. The monoisotopic (exact) mass is 380 g/mol. The number of aromatic nitrogens is 2. The molecule has 1 aromatic heterocycles. The van der Waals surface area contributed by atoms with Gasteiger partial charge in [-0.1, -0.05) is 18.2 Å². The first-order valence-electron chi connectivity index (χ1n) is 7.18. The van der Waals surface area contributed by atoms with Gasteiger partial charge in [0.25, 0.3) is 5.91 Å². The van der Waals surface area contributed by atoms with Gasteiger partial charge in [0.05, 0.1) is 12.7 Å². The number of hydrogen-bond donors (Lipinski definition) is 3. The van der Waals surface area contributed by atoms with E-state index in [-0.39, 0.29) is 23.0 Å². The topological polar surface area (TPSA) is 162 Å². The zero-order valence-electron chi connectivity index (χ0n) is 13.8. The van der Waals surface area contributed by atoms with Crippen molar-refractivity contribution >= 4 is 27.8 Å². The lowest BCUT2D eigenvalue weighted by atomic mass is 10.0. The number of primary sulfonamides is 1. The summed E-state index contributed by atoms with van der Waals surface area (Å²) in [4.78, 5) is 31.8. The minimum atomic E-state index is -4.48. The Morgan fingerprint density at radius 2 is 1.92 bits per heavy atom. The molecule has 2 rings (SSSR count). The summed E-state index contributed by atoms with van der Waals surface area (Å²) in [6.07, 6.45) is 0. The second-order valence-corrected chi connectivity index (χ2v) is 6.88. The number of carboxylic acids is 1. The quantitative estimate of drug-likeness (QED) is 0.651. The molecule has 0 saturated heterocycles. The summed E-state index contributed by atoms with van der Waals surface area (Å²) >= 11 is 0. The highest BCUT2D eigenvalue weighted by Crippen LogP contribution is 2.26. The zero-order chi connectivity index (χ0) is 19.5. The highest BCUT2D eigenvalue weighted by molar-refractivity contribution is 7.90. The molecule has 0 radical (unpaired) electrons. The number of nitrogens with zero attached hydrogens (tertiary/aromatic N) is 2. The number of benzene rings is 1. The second kappa shape index (κ2) is 7.45. The van der Waals surface area contributed by atoms with Crippen molar-refractivity contribution in [3.8, 4) is 5.88 Å². The number of nitrogens with two attached hydrogens (primary N) is 1. The van der Waals surface area contributed by atoms with Crippen LogP contribution in [0.3, 0.4) is 0 Å². The third-order valence-electron chi connectivity index (χ3n) is 3.32. The van der Waals surface area contributed by atoms with Crippen LogP contribution >= 0.6 is 0 Å². The maximum atomic E-state index is 12.6. The smallest absolute Gasteiger partial charge is 0.336 e. The lowest BCUT2D eigenvalue weighted by Gasteiger charge is -2.16. The molecule has 1 amide bonds. The summed E-state index contributed by atoms with van der Waals surface area (Å²) in [7, 11) is -3.12. The minimum absolute atomic E-state index is 0.158. The van der Waals surface area contributed by atoms with Crippen molar-refractivity contribution in [1.29, 1.82) is 0 Å². The Kier molecular flexibility index (Phi) is 5.53. The molecule has 0 aliphatic carbocycles. The average Bonchev–Trinajstić information content (AvgIpc) is 2.53. The lowest BCUT2D eigenvalue weighted by molar-refractivity contribution is -0.116. The van der Waals surface area contributed by atoms with Crippen molar-refractivity contribution in [3.05, 3.63) is 47.2 Å². The first-order valence-corrected chi connectivity index (χ1v) is 8.78. The fourth-order valence-corrected chi connectivity index (χ4v) is 3.18. The molecule has 0 bridgehead atoms. The molecule has 10 nitrogen and oxygen atoms in total. The van der Waals surface area contributed by atoms with E-state index in [1.54, 1.807) is 6.92 Å². The minimum Gasteiger partial charge on any atom is -0.481 e. The van der Waals surface area contributed by atoms with Gasteiger partial charge < -0.3 is 9.84 Å². The molecular weight excluding hydrogens is 364 g/mol. The number of hydrogen-bond acceptors (Lipinski definition) is 7. The van der Waals surface area contributed by atoms with Crippen molar-refractivity contribution in [2.75, 3.05) is 12.4 Å². The number of nitrogens with one attached hydrogen (secondary N) is 1. The van der Waals surface area contributed by atoms with Gasteiger partial charge in [0.15, 0.2) is 5.25 Å². The largest absolute Gasteiger partial charge is 0.481 e. The fourth-order valence-electron chi connectivity index (χ4n) is 2.26. The van der Waals surface area contributed by atoms with E-state index < -0.39 is 27.1 Å². The van der Waals surface area contributed by atoms with Crippen LogP contribution in [0.4, 0.5) is 5.95 Å². The SMILES string of the molecule is COc1cc(C)nc(NC(=O)C(c2ccccc2C(=O)O)S(N)(=O)=O)n1. The molecule has 11 heteroatoms. The predicted molar refractivity (Wildman–Crippen MR) is 91.2 cm³/mol. The van der Waals surface area contributed by atoms with E-state index in [4.69, 9.17) is 9.88 Å². The standard InChI is InChI=1S/C15H16N4O6S/c1-8-7-11(25-2)18-15(17-8)19-13(20)12(26(16,23)24)9-5-3-4-6-10(9)14(21)22/h3-7,12H,1-2H3,(H,21,22)(H2,16,23,24)(H,17,18,19,20). The van der Waals surface area contributed by atoms with Gasteiger partial charge in [0, 0.05) is 11.8 Å². The molecule has 1 aromatic carbocycles. The first kappa shape index (κ1) is 19.3. The van der Waals surface area contributed by atoms with Crippen LogP contribution in [-0.4, -0.2) is 42.5 Å². The molecule has 4 N–H and O–H groups in total. The summed E-state index contributed by atoms with van der Waals surface area (Å²) in [6, 6.07) is 6.69. The number of carboxylic acid groups (broad SMARTS) is 1. The van der Waals surface area contributed by atoms with Crippen LogP contribution in [0.2, 0.25) is 0 Å². The van der Waals surface area contributed by atoms with Crippen LogP contribution in [0.1, 0.15) is 26.9 Å². The van der Waals surface area contributed by atoms with E-state index in [2.05, 4.69) is 15.3 Å². The van der Waals surface area contributed by atoms with Gasteiger partial charge in [0.2, 0.25) is 21.9 Å². The van der Waals surface area contributed by atoms with Crippen LogP contribution in [0.5, 0.6) is 5.88 Å². The molecule has 0 spiro atoms. The van der Waals surface area contributed by atoms with Gasteiger partial charge in [-0.25, -0.2) is 23.3 Å². The summed E-state index contributed by atoms with van der Waals surface area (Å²) in [5, 5.41) is 14.7. The molecule has 0 aliphatic rings. The second-order valence-electron chi connectivity index (χ2n) is 5.23. The van der Waals surface area contributed by atoms with Crippen LogP contribution in [0.15, 0.2) is 30.3 Å². The van der Waals surface area contributed by atoms with E-state index in [0.29, 0.717) is 5.69 Å². The molecule has 1 heterocycles. The summed E-state index contributed by atoms with van der Waals surface area (Å²) < 4.78 is 28.9. The molecule has 1 unspecified atom stereocenters. The lowest BCUT2D eigenvalue weighted by Crippen LogP contribution is -2.34. The third kappa shape index (κ3) is 4.32. The summed E-state index contributed by atoms with van der Waals surface area (Å²) in [5.41, 5.74) is -0.158. The number of amides is 1. The Hall–Kier alpha value is -3.05. The van der Waals surface area contributed by atoms with Gasteiger partial charge in [-0.15, -0.1) is 0 Å². The van der Waals surface area contributed by atoms with Crippen molar-refractivity contribution in [2.24, 2.45) is 5.14 Å². The van der Waals surface area contributed by atoms with Crippen molar-refractivity contribution in [2.45, 2.75) is 12.2 Å². The van der Waals surface area contributed by atoms with Crippen LogP contribution in [0, 0.1) is 6.92 Å². The fraction of sp³-hybridized carbons (Fsp3) is 0.200. The maximum absolute atomic E-state index is 12.6. The van der Waals surface area contributed by atoms with Crippen molar-refractivity contribution in [1.82, 2.24) is 9.97 Å². The molecule has 2 aromatic rings. The number of aromatic carboxylic acids is 1. The summed E-state index contributed by atoms with van der Waals surface area (Å²) in [6.45, 7) is 1.62. The molecule has 0 fully saturated rings. The maximum Gasteiger partial charge on any atom is 0.336 e. The number of ether oxygens (including phenoxy) is 1. The highest BCUT2D eigenvalue weighted by atomic mass is 32.2. The molecule has 0 aliphatic heterocycles. The normalized spacial score (nSPS) is 12.3. The van der Waals surface area contributed by atoms with Crippen LogP contribution in [-0.2, 0) is 14.8 Å². The number of rotatable bonds is 6. The van der Waals surface area contributed by atoms with Gasteiger partial charge >= 0.3 is 5.97 Å². The number of anilines is 1. The predicted octanol–water partition coefficient (Wildman–Crippen LogP) is 0.460. The molecular formula is C15H16N4O6S. The zero-order valence-corrected chi connectivity index (χ0v) is 14.6. The van der Waals surface area contributed by atoms with E-state index in [1.165, 1.54) is 37.4 Å². The number of sulfonamides is 1. The first-order chi connectivity index (χ1) is 12.1. The molecule has 26 heavy (non-hydrogen) atoms. The van der Waals surface area contributed by atoms with Crippen LogP contribution < -0.4 is 15.2 Å². The third-order valence-corrected chi connectivity index (χ3v) is 4.44.